The van der Waals surface area contributed by atoms with Crippen LogP contribution in [0.4, 0.5) is 0 Å². The van der Waals surface area contributed by atoms with Crippen molar-refractivity contribution in [3.05, 3.63) is 64.7 Å². The maximum absolute atomic E-state index is 12.7. The van der Waals surface area contributed by atoms with Crippen molar-refractivity contribution >= 4 is 23.4 Å². The molecule has 3 rings (SSSR count). The molecule has 0 bridgehead atoms. The molecule has 1 aliphatic carbocycles. The molecule has 0 saturated heterocycles. The van der Waals surface area contributed by atoms with Gasteiger partial charge in [-0.05, 0) is 61.2 Å². The topological polar surface area (TPSA) is 58.6 Å². The summed E-state index contributed by atoms with van der Waals surface area (Å²) in [7, 11) is 1.64. The minimum absolute atomic E-state index is 0.138. The Morgan fingerprint density at radius 1 is 1.11 bits per heavy atom. The molecule has 2 aromatic rings. The zero-order chi connectivity index (χ0) is 19.9. The number of hydrogen-bond donors (Lipinski definition) is 1. The molecule has 28 heavy (non-hydrogen) atoms. The second-order valence-corrected chi connectivity index (χ2v) is 7.40. The van der Waals surface area contributed by atoms with E-state index in [1.807, 2.05) is 29.2 Å². The third-order valence-corrected chi connectivity index (χ3v) is 5.03. The minimum atomic E-state index is -0.151. The second kappa shape index (κ2) is 9.60. The molecule has 1 saturated carbocycles. The van der Waals surface area contributed by atoms with Crippen molar-refractivity contribution in [2.24, 2.45) is 0 Å². The summed E-state index contributed by atoms with van der Waals surface area (Å²) in [6.07, 6.45) is 3.17. The van der Waals surface area contributed by atoms with E-state index in [1.165, 1.54) is 0 Å². The van der Waals surface area contributed by atoms with E-state index < -0.39 is 0 Å². The fourth-order valence-electron chi connectivity index (χ4n) is 3.02. The Bertz CT molecular complexity index is 802. The van der Waals surface area contributed by atoms with Gasteiger partial charge in [0.15, 0.2) is 0 Å². The normalized spacial score (nSPS) is 13.1. The van der Waals surface area contributed by atoms with Gasteiger partial charge in [-0.3, -0.25) is 9.59 Å². The van der Waals surface area contributed by atoms with Crippen molar-refractivity contribution in [1.82, 2.24) is 10.2 Å². The first-order valence-corrected chi connectivity index (χ1v) is 9.91. The van der Waals surface area contributed by atoms with Gasteiger partial charge in [-0.1, -0.05) is 23.7 Å². The van der Waals surface area contributed by atoms with E-state index in [9.17, 15) is 9.59 Å². The fraction of sp³-hybridized carbons (Fsp3) is 0.364. The Balaban J connectivity index is 1.45. The van der Waals surface area contributed by atoms with Crippen LogP contribution in [0.25, 0.3) is 0 Å². The minimum Gasteiger partial charge on any atom is -0.497 e. The Labute approximate surface area is 170 Å². The maximum Gasteiger partial charge on any atom is 0.251 e. The highest BCUT2D eigenvalue weighted by atomic mass is 35.5. The molecule has 2 amide bonds. The zero-order valence-corrected chi connectivity index (χ0v) is 16.7. The van der Waals surface area contributed by atoms with Gasteiger partial charge in [0.05, 0.1) is 7.11 Å². The first-order chi connectivity index (χ1) is 13.6. The van der Waals surface area contributed by atoms with Gasteiger partial charge in [-0.25, -0.2) is 0 Å². The van der Waals surface area contributed by atoms with Crippen LogP contribution in [-0.2, 0) is 11.3 Å². The van der Waals surface area contributed by atoms with Crippen LogP contribution in [0.1, 0.15) is 41.6 Å². The van der Waals surface area contributed by atoms with Crippen molar-refractivity contribution in [3.63, 3.8) is 0 Å². The standard InChI is InChI=1S/C22H25ClN2O3/c1-28-20-12-4-16(5-13-20)15-25(19-10-11-19)21(26)3-2-14-24-22(27)17-6-8-18(23)9-7-17/h4-9,12-13,19H,2-3,10-11,14-15H2,1H3,(H,24,27). The van der Waals surface area contributed by atoms with Crippen LogP contribution in [0.5, 0.6) is 5.75 Å². The largest absolute Gasteiger partial charge is 0.497 e. The van der Waals surface area contributed by atoms with Gasteiger partial charge >= 0.3 is 0 Å². The summed E-state index contributed by atoms with van der Waals surface area (Å²) in [5.41, 5.74) is 1.66. The van der Waals surface area contributed by atoms with Crippen LogP contribution < -0.4 is 10.1 Å². The van der Waals surface area contributed by atoms with Crippen LogP contribution in [0.3, 0.4) is 0 Å². The Kier molecular flexibility index (Phi) is 6.93. The second-order valence-electron chi connectivity index (χ2n) is 6.97. The molecule has 0 aliphatic heterocycles. The summed E-state index contributed by atoms with van der Waals surface area (Å²) in [5, 5.41) is 3.45. The van der Waals surface area contributed by atoms with Gasteiger partial charge < -0.3 is 15.0 Å². The van der Waals surface area contributed by atoms with Crippen molar-refractivity contribution in [2.45, 2.75) is 38.3 Å². The van der Waals surface area contributed by atoms with Gasteiger partial charge in [0.2, 0.25) is 5.91 Å². The average molecular weight is 401 g/mol. The molecule has 1 N–H and O–H groups in total. The van der Waals surface area contributed by atoms with Crippen LogP contribution in [-0.4, -0.2) is 36.4 Å². The number of halogens is 1. The average Bonchev–Trinajstić information content (AvgIpc) is 3.55. The predicted octanol–water partition coefficient (Wildman–Crippen LogP) is 4.05. The van der Waals surface area contributed by atoms with E-state index in [1.54, 1.807) is 31.4 Å². The number of benzene rings is 2. The number of rotatable bonds is 9. The molecule has 2 aromatic carbocycles. The number of hydrogen-bond acceptors (Lipinski definition) is 3. The number of amides is 2. The van der Waals surface area contributed by atoms with Crippen LogP contribution in [0, 0.1) is 0 Å². The van der Waals surface area contributed by atoms with Gasteiger partial charge in [0.25, 0.3) is 5.91 Å². The lowest BCUT2D eigenvalue weighted by Crippen LogP contribution is -2.33. The van der Waals surface area contributed by atoms with E-state index in [4.69, 9.17) is 16.3 Å². The third-order valence-electron chi connectivity index (χ3n) is 4.78. The fourth-order valence-corrected chi connectivity index (χ4v) is 3.15. The van der Waals surface area contributed by atoms with Gasteiger partial charge in [-0.15, -0.1) is 0 Å². The molecule has 0 spiro atoms. The molecule has 148 valence electrons. The summed E-state index contributed by atoms with van der Waals surface area (Å²) < 4.78 is 5.18. The molecule has 0 heterocycles. The number of nitrogens with one attached hydrogen (secondary N) is 1. The van der Waals surface area contributed by atoms with Crippen molar-refractivity contribution in [3.8, 4) is 5.75 Å². The van der Waals surface area contributed by atoms with Gasteiger partial charge in [-0.2, -0.15) is 0 Å². The zero-order valence-electron chi connectivity index (χ0n) is 16.0. The molecular weight excluding hydrogens is 376 g/mol. The SMILES string of the molecule is COc1ccc(CN(C(=O)CCCNC(=O)c2ccc(Cl)cc2)C2CC2)cc1. The first kappa shape index (κ1) is 20.2. The van der Waals surface area contributed by atoms with Crippen molar-refractivity contribution in [1.29, 1.82) is 0 Å². The number of carbonyl (C=O) groups is 2. The summed E-state index contributed by atoms with van der Waals surface area (Å²) in [5.74, 6) is 0.796. The maximum atomic E-state index is 12.7. The number of carbonyl (C=O) groups excluding carboxylic acids is 2. The van der Waals surface area contributed by atoms with Crippen LogP contribution in [0.2, 0.25) is 5.02 Å². The summed E-state index contributed by atoms with van der Waals surface area (Å²) in [6.45, 7) is 1.08. The molecular formula is C22H25ClN2O3. The Morgan fingerprint density at radius 3 is 2.39 bits per heavy atom. The Morgan fingerprint density at radius 2 is 1.79 bits per heavy atom. The van der Waals surface area contributed by atoms with Crippen LogP contribution in [0.15, 0.2) is 48.5 Å². The van der Waals surface area contributed by atoms with Crippen molar-refractivity contribution < 1.29 is 14.3 Å². The number of nitrogens with zero attached hydrogens (tertiary/aromatic N) is 1. The molecule has 0 radical (unpaired) electrons. The quantitative estimate of drug-likeness (QED) is 0.646. The summed E-state index contributed by atoms with van der Waals surface area (Å²) in [4.78, 5) is 26.7. The molecule has 1 fully saturated rings. The lowest BCUT2D eigenvalue weighted by Gasteiger charge is -2.23. The molecule has 0 unspecified atom stereocenters. The molecule has 1 aliphatic rings. The molecule has 0 aromatic heterocycles. The predicted molar refractivity (Wildman–Crippen MR) is 110 cm³/mol. The van der Waals surface area contributed by atoms with Crippen LogP contribution >= 0.6 is 11.6 Å². The molecule has 0 atom stereocenters. The first-order valence-electron chi connectivity index (χ1n) is 9.53. The summed E-state index contributed by atoms with van der Waals surface area (Å²) in [6, 6.07) is 14.9. The van der Waals surface area contributed by atoms with E-state index in [0.29, 0.717) is 42.6 Å². The van der Waals surface area contributed by atoms with E-state index >= 15 is 0 Å². The van der Waals surface area contributed by atoms with Gasteiger partial charge in [0, 0.05) is 36.1 Å². The summed E-state index contributed by atoms with van der Waals surface area (Å²) >= 11 is 5.83. The highest BCUT2D eigenvalue weighted by molar-refractivity contribution is 6.30. The van der Waals surface area contributed by atoms with E-state index in [-0.39, 0.29) is 11.8 Å². The third kappa shape index (κ3) is 5.73. The van der Waals surface area contributed by atoms with E-state index in [0.717, 1.165) is 24.2 Å². The Hall–Kier alpha value is -2.53. The van der Waals surface area contributed by atoms with Gasteiger partial charge in [0.1, 0.15) is 5.75 Å². The van der Waals surface area contributed by atoms with Crippen molar-refractivity contribution in [2.75, 3.05) is 13.7 Å². The highest BCUT2D eigenvalue weighted by Gasteiger charge is 2.32. The lowest BCUT2D eigenvalue weighted by molar-refractivity contribution is -0.132. The molecule has 6 heteroatoms. The van der Waals surface area contributed by atoms with E-state index in [2.05, 4.69) is 5.32 Å². The smallest absolute Gasteiger partial charge is 0.251 e. The molecule has 5 nitrogen and oxygen atoms in total. The highest BCUT2D eigenvalue weighted by Crippen LogP contribution is 2.29. The number of methoxy groups -OCH3 is 1. The monoisotopic (exact) mass is 400 g/mol. The number of ether oxygens (including phenoxy) is 1. The lowest BCUT2D eigenvalue weighted by atomic mass is 10.1.